The van der Waals surface area contributed by atoms with Gasteiger partial charge in [-0.3, -0.25) is 0 Å². The fourth-order valence-electron chi connectivity index (χ4n) is 2.30. The molecule has 4 nitrogen and oxygen atoms in total. The van der Waals surface area contributed by atoms with Gasteiger partial charge in [-0.05, 0) is 37.1 Å². The highest BCUT2D eigenvalue weighted by molar-refractivity contribution is 7.89. The molecule has 0 heterocycles. The molecule has 0 fully saturated rings. The molecule has 2 rings (SSSR count). The molecule has 0 atom stereocenters. The van der Waals surface area contributed by atoms with Crippen LogP contribution in [0.25, 0.3) is 0 Å². The smallest absolute Gasteiger partial charge is 0.207 e. The molecule has 114 valence electrons. The summed E-state index contributed by atoms with van der Waals surface area (Å²) in [6.07, 6.45) is 0. The Morgan fingerprint density at radius 3 is 2.45 bits per heavy atom. The SMILES string of the molecule is Cc1ccc(CN(C)S(=O)(=O)c2ccccc2C#N)c(C)c1. The first kappa shape index (κ1) is 16.2. The van der Waals surface area contributed by atoms with E-state index in [1.165, 1.54) is 23.5 Å². The van der Waals surface area contributed by atoms with Crippen molar-refractivity contribution in [3.8, 4) is 6.07 Å². The monoisotopic (exact) mass is 314 g/mol. The summed E-state index contributed by atoms with van der Waals surface area (Å²) >= 11 is 0. The van der Waals surface area contributed by atoms with E-state index in [1.807, 2.05) is 38.1 Å². The summed E-state index contributed by atoms with van der Waals surface area (Å²) in [5.41, 5.74) is 3.30. The van der Waals surface area contributed by atoms with Crippen molar-refractivity contribution in [1.29, 1.82) is 5.26 Å². The van der Waals surface area contributed by atoms with Gasteiger partial charge in [0.15, 0.2) is 0 Å². The Hall–Kier alpha value is -2.16. The second-order valence-corrected chi connectivity index (χ2v) is 7.31. The van der Waals surface area contributed by atoms with Crippen molar-refractivity contribution in [3.63, 3.8) is 0 Å². The summed E-state index contributed by atoms with van der Waals surface area (Å²) in [6, 6.07) is 14.1. The number of nitriles is 1. The van der Waals surface area contributed by atoms with Gasteiger partial charge < -0.3 is 0 Å². The molecule has 2 aromatic carbocycles. The van der Waals surface area contributed by atoms with Crippen LogP contribution in [-0.2, 0) is 16.6 Å². The van der Waals surface area contributed by atoms with E-state index >= 15 is 0 Å². The number of hydrogen-bond acceptors (Lipinski definition) is 3. The minimum Gasteiger partial charge on any atom is -0.207 e. The average molecular weight is 314 g/mol. The van der Waals surface area contributed by atoms with Crippen molar-refractivity contribution < 1.29 is 8.42 Å². The van der Waals surface area contributed by atoms with Crippen molar-refractivity contribution in [2.24, 2.45) is 0 Å². The van der Waals surface area contributed by atoms with Gasteiger partial charge in [-0.1, -0.05) is 35.9 Å². The summed E-state index contributed by atoms with van der Waals surface area (Å²) in [6.45, 7) is 4.24. The second-order valence-electron chi connectivity index (χ2n) is 5.30. The molecule has 0 aromatic heterocycles. The Morgan fingerprint density at radius 1 is 1.14 bits per heavy atom. The summed E-state index contributed by atoms with van der Waals surface area (Å²) in [4.78, 5) is 0.0461. The highest BCUT2D eigenvalue weighted by Gasteiger charge is 2.24. The van der Waals surface area contributed by atoms with E-state index in [1.54, 1.807) is 12.1 Å². The molecule has 5 heteroatoms. The lowest BCUT2D eigenvalue weighted by Crippen LogP contribution is -2.27. The van der Waals surface area contributed by atoms with Gasteiger partial charge in [0.1, 0.15) is 6.07 Å². The van der Waals surface area contributed by atoms with Gasteiger partial charge in [0.25, 0.3) is 0 Å². The van der Waals surface area contributed by atoms with Crippen LogP contribution >= 0.6 is 0 Å². The number of sulfonamides is 1. The van der Waals surface area contributed by atoms with E-state index in [0.29, 0.717) is 0 Å². The number of aryl methyl sites for hydroxylation is 2. The predicted molar refractivity (Wildman–Crippen MR) is 85.7 cm³/mol. The summed E-state index contributed by atoms with van der Waals surface area (Å²) < 4.78 is 26.6. The van der Waals surface area contributed by atoms with Crippen LogP contribution in [0, 0.1) is 25.2 Å². The first-order valence-corrected chi connectivity index (χ1v) is 8.32. The van der Waals surface area contributed by atoms with E-state index in [-0.39, 0.29) is 17.0 Å². The second kappa shape index (κ2) is 6.30. The molecule has 2 aromatic rings. The molecule has 0 aliphatic heterocycles. The lowest BCUT2D eigenvalue weighted by molar-refractivity contribution is 0.466. The molecule has 0 saturated carbocycles. The van der Waals surface area contributed by atoms with Crippen LogP contribution in [0.5, 0.6) is 0 Å². The van der Waals surface area contributed by atoms with Crippen LogP contribution in [0.4, 0.5) is 0 Å². The third kappa shape index (κ3) is 3.19. The largest absolute Gasteiger partial charge is 0.244 e. The molecule has 0 unspecified atom stereocenters. The molecular weight excluding hydrogens is 296 g/mol. The van der Waals surface area contributed by atoms with Crippen LogP contribution in [0.3, 0.4) is 0 Å². The van der Waals surface area contributed by atoms with Crippen LogP contribution in [0.2, 0.25) is 0 Å². The van der Waals surface area contributed by atoms with Gasteiger partial charge in [-0.15, -0.1) is 0 Å². The van der Waals surface area contributed by atoms with Gasteiger partial charge in [-0.2, -0.15) is 9.57 Å². The first-order chi connectivity index (χ1) is 10.4. The van der Waals surface area contributed by atoms with Crippen LogP contribution in [0.1, 0.15) is 22.3 Å². The fourth-order valence-corrected chi connectivity index (χ4v) is 3.59. The minimum atomic E-state index is -3.70. The Balaban J connectivity index is 2.36. The van der Waals surface area contributed by atoms with Crippen molar-refractivity contribution in [1.82, 2.24) is 4.31 Å². The standard InChI is InChI=1S/C17H18N2O2S/c1-13-8-9-16(14(2)10-13)12-19(3)22(20,21)17-7-5-4-6-15(17)11-18/h4-10H,12H2,1-3H3. The number of nitrogens with zero attached hydrogens (tertiary/aromatic N) is 2. The van der Waals surface area contributed by atoms with Gasteiger partial charge in [-0.25, -0.2) is 8.42 Å². The Bertz CT molecular complexity index is 836. The van der Waals surface area contributed by atoms with Crippen molar-refractivity contribution in [3.05, 3.63) is 64.7 Å². The molecule has 0 N–H and O–H groups in total. The lowest BCUT2D eigenvalue weighted by Gasteiger charge is -2.19. The van der Waals surface area contributed by atoms with Gasteiger partial charge in [0.05, 0.1) is 10.5 Å². The normalized spacial score (nSPS) is 11.4. The molecule has 0 saturated heterocycles. The highest BCUT2D eigenvalue weighted by atomic mass is 32.2. The molecule has 0 spiro atoms. The zero-order valence-corrected chi connectivity index (χ0v) is 13.7. The molecule has 0 amide bonds. The van der Waals surface area contributed by atoms with Crippen molar-refractivity contribution in [2.45, 2.75) is 25.3 Å². The minimum absolute atomic E-state index is 0.0461. The van der Waals surface area contributed by atoms with E-state index < -0.39 is 10.0 Å². The van der Waals surface area contributed by atoms with E-state index in [4.69, 9.17) is 5.26 Å². The Kier molecular flexibility index (Phi) is 4.65. The van der Waals surface area contributed by atoms with Crippen LogP contribution < -0.4 is 0 Å². The Morgan fingerprint density at radius 2 is 1.82 bits per heavy atom. The summed E-state index contributed by atoms with van der Waals surface area (Å²) in [5, 5.41) is 9.09. The predicted octanol–water partition coefficient (Wildman–Crippen LogP) is 3.00. The number of hydrogen-bond donors (Lipinski definition) is 0. The maximum absolute atomic E-state index is 12.7. The fraction of sp³-hybridized carbons (Fsp3) is 0.235. The third-order valence-electron chi connectivity index (χ3n) is 3.59. The topological polar surface area (TPSA) is 61.2 Å². The van der Waals surface area contributed by atoms with Crippen molar-refractivity contribution >= 4 is 10.0 Å². The lowest BCUT2D eigenvalue weighted by atomic mass is 10.1. The van der Waals surface area contributed by atoms with E-state index in [0.717, 1.165) is 16.7 Å². The molecule has 22 heavy (non-hydrogen) atoms. The van der Waals surface area contributed by atoms with Crippen LogP contribution in [-0.4, -0.2) is 19.8 Å². The Labute approximate surface area is 131 Å². The molecule has 0 bridgehead atoms. The van der Waals surface area contributed by atoms with Crippen molar-refractivity contribution in [2.75, 3.05) is 7.05 Å². The van der Waals surface area contributed by atoms with Gasteiger partial charge in [0.2, 0.25) is 10.0 Å². The van der Waals surface area contributed by atoms with E-state index in [2.05, 4.69) is 0 Å². The number of benzene rings is 2. The zero-order chi connectivity index (χ0) is 16.3. The maximum atomic E-state index is 12.7. The molecule has 0 radical (unpaired) electrons. The van der Waals surface area contributed by atoms with Gasteiger partial charge in [0, 0.05) is 13.6 Å². The first-order valence-electron chi connectivity index (χ1n) is 6.88. The zero-order valence-electron chi connectivity index (χ0n) is 12.9. The number of rotatable bonds is 4. The molecule has 0 aliphatic rings. The third-order valence-corrected chi connectivity index (χ3v) is 5.45. The van der Waals surface area contributed by atoms with E-state index in [9.17, 15) is 8.42 Å². The maximum Gasteiger partial charge on any atom is 0.244 e. The van der Waals surface area contributed by atoms with Gasteiger partial charge >= 0.3 is 0 Å². The quantitative estimate of drug-likeness (QED) is 0.871. The summed E-state index contributed by atoms with van der Waals surface area (Å²) in [5.74, 6) is 0. The molecular formula is C17H18N2O2S. The summed E-state index contributed by atoms with van der Waals surface area (Å²) in [7, 11) is -2.17. The average Bonchev–Trinajstić information content (AvgIpc) is 2.49. The molecule has 0 aliphatic carbocycles. The van der Waals surface area contributed by atoms with Crippen LogP contribution in [0.15, 0.2) is 47.4 Å². The highest BCUT2D eigenvalue weighted by Crippen LogP contribution is 2.21.